The first-order valence-corrected chi connectivity index (χ1v) is 4.86. The molecule has 14 heavy (non-hydrogen) atoms. The van der Waals surface area contributed by atoms with Crippen LogP contribution in [-0.4, -0.2) is 11.1 Å². The SMILES string of the molecule is Cc1ccc(Cl)c(CC(C)C(=O)O)c1. The topological polar surface area (TPSA) is 37.3 Å². The number of rotatable bonds is 3. The standard InChI is InChI=1S/C11H13ClO2/c1-7-3-4-10(12)9(5-7)6-8(2)11(13)14/h3-5,8H,6H2,1-2H3,(H,13,14). The van der Waals surface area contributed by atoms with Crippen LogP contribution in [0.5, 0.6) is 0 Å². The van der Waals surface area contributed by atoms with E-state index in [0.29, 0.717) is 11.4 Å². The quantitative estimate of drug-likeness (QED) is 0.837. The molecule has 0 spiro atoms. The predicted octanol–water partition coefficient (Wildman–Crippen LogP) is 2.91. The number of benzene rings is 1. The summed E-state index contributed by atoms with van der Waals surface area (Å²) in [6.07, 6.45) is 0.482. The Balaban J connectivity index is 2.85. The Morgan fingerprint density at radius 1 is 1.57 bits per heavy atom. The molecule has 1 aromatic carbocycles. The van der Waals surface area contributed by atoms with E-state index in [-0.39, 0.29) is 0 Å². The minimum absolute atomic E-state index is 0.394. The van der Waals surface area contributed by atoms with Gasteiger partial charge in [-0.2, -0.15) is 0 Å². The predicted molar refractivity (Wildman–Crippen MR) is 56.7 cm³/mol. The van der Waals surface area contributed by atoms with E-state index >= 15 is 0 Å². The number of carboxylic acids is 1. The van der Waals surface area contributed by atoms with Gasteiger partial charge < -0.3 is 5.11 Å². The molecule has 0 aromatic heterocycles. The molecule has 1 unspecified atom stereocenters. The molecule has 1 atom stereocenters. The number of aryl methyl sites for hydroxylation is 1. The average molecular weight is 213 g/mol. The number of carboxylic acid groups (broad SMARTS) is 1. The van der Waals surface area contributed by atoms with Crippen molar-refractivity contribution in [3.8, 4) is 0 Å². The van der Waals surface area contributed by atoms with Gasteiger partial charge in [0.1, 0.15) is 0 Å². The van der Waals surface area contributed by atoms with E-state index in [4.69, 9.17) is 16.7 Å². The van der Waals surface area contributed by atoms with Crippen molar-refractivity contribution in [2.45, 2.75) is 20.3 Å². The van der Waals surface area contributed by atoms with Crippen molar-refractivity contribution in [3.05, 3.63) is 34.3 Å². The van der Waals surface area contributed by atoms with Crippen LogP contribution in [0.4, 0.5) is 0 Å². The largest absolute Gasteiger partial charge is 0.481 e. The lowest BCUT2D eigenvalue weighted by molar-refractivity contribution is -0.141. The van der Waals surface area contributed by atoms with Crippen LogP contribution in [0, 0.1) is 12.8 Å². The molecule has 0 fully saturated rings. The normalized spacial score (nSPS) is 12.5. The smallest absolute Gasteiger partial charge is 0.306 e. The molecule has 2 nitrogen and oxygen atoms in total. The fourth-order valence-electron chi connectivity index (χ4n) is 1.28. The lowest BCUT2D eigenvalue weighted by atomic mass is 10.00. The molecule has 0 amide bonds. The number of hydrogen-bond acceptors (Lipinski definition) is 1. The van der Waals surface area contributed by atoms with Crippen LogP contribution >= 0.6 is 11.6 Å². The summed E-state index contributed by atoms with van der Waals surface area (Å²) in [6, 6.07) is 5.65. The van der Waals surface area contributed by atoms with Gasteiger partial charge in [-0.15, -0.1) is 0 Å². The van der Waals surface area contributed by atoms with Crippen molar-refractivity contribution in [3.63, 3.8) is 0 Å². The fraction of sp³-hybridized carbons (Fsp3) is 0.364. The molecule has 0 saturated carbocycles. The maximum Gasteiger partial charge on any atom is 0.306 e. The molecular weight excluding hydrogens is 200 g/mol. The third-order valence-electron chi connectivity index (χ3n) is 2.15. The second kappa shape index (κ2) is 4.47. The summed E-state index contributed by atoms with van der Waals surface area (Å²) in [7, 11) is 0. The van der Waals surface area contributed by atoms with Crippen molar-refractivity contribution in [2.24, 2.45) is 5.92 Å². The Labute approximate surface area is 88.5 Å². The summed E-state index contributed by atoms with van der Waals surface area (Å²) in [5.41, 5.74) is 2.00. The van der Waals surface area contributed by atoms with Crippen LogP contribution in [0.25, 0.3) is 0 Å². The number of aliphatic carboxylic acids is 1. The van der Waals surface area contributed by atoms with Crippen molar-refractivity contribution in [2.75, 3.05) is 0 Å². The molecule has 0 heterocycles. The summed E-state index contributed by atoms with van der Waals surface area (Å²) in [5, 5.41) is 9.40. The molecule has 0 aliphatic heterocycles. The van der Waals surface area contributed by atoms with Gasteiger partial charge in [-0.05, 0) is 25.0 Å². The Hall–Kier alpha value is -1.02. The number of carbonyl (C=O) groups is 1. The second-order valence-electron chi connectivity index (χ2n) is 3.54. The first-order chi connectivity index (χ1) is 6.50. The third kappa shape index (κ3) is 2.74. The van der Waals surface area contributed by atoms with Crippen molar-refractivity contribution in [1.29, 1.82) is 0 Å². The average Bonchev–Trinajstić information content (AvgIpc) is 2.11. The van der Waals surface area contributed by atoms with Crippen molar-refractivity contribution >= 4 is 17.6 Å². The van der Waals surface area contributed by atoms with Crippen LogP contribution in [0.1, 0.15) is 18.1 Å². The molecule has 0 aliphatic rings. The highest BCUT2D eigenvalue weighted by atomic mass is 35.5. The molecule has 0 aliphatic carbocycles. The summed E-state index contributed by atoms with van der Waals surface area (Å²) in [5.74, 6) is -1.18. The highest BCUT2D eigenvalue weighted by Crippen LogP contribution is 2.20. The molecule has 0 bridgehead atoms. The van der Waals surface area contributed by atoms with E-state index in [0.717, 1.165) is 11.1 Å². The second-order valence-corrected chi connectivity index (χ2v) is 3.95. The maximum atomic E-state index is 10.7. The van der Waals surface area contributed by atoms with Crippen LogP contribution in [-0.2, 0) is 11.2 Å². The Bertz CT molecular complexity index is 347. The molecule has 1 aromatic rings. The van der Waals surface area contributed by atoms with Crippen LogP contribution < -0.4 is 0 Å². The van der Waals surface area contributed by atoms with E-state index < -0.39 is 11.9 Å². The minimum atomic E-state index is -0.789. The van der Waals surface area contributed by atoms with Crippen LogP contribution in [0.15, 0.2) is 18.2 Å². The monoisotopic (exact) mass is 212 g/mol. The zero-order chi connectivity index (χ0) is 10.7. The van der Waals surface area contributed by atoms with E-state index in [1.807, 2.05) is 19.1 Å². The number of hydrogen-bond donors (Lipinski definition) is 1. The highest BCUT2D eigenvalue weighted by molar-refractivity contribution is 6.31. The summed E-state index contributed by atoms with van der Waals surface area (Å²) < 4.78 is 0. The van der Waals surface area contributed by atoms with Crippen molar-refractivity contribution < 1.29 is 9.90 Å². The van der Waals surface area contributed by atoms with Gasteiger partial charge in [0.25, 0.3) is 0 Å². The van der Waals surface area contributed by atoms with Crippen molar-refractivity contribution in [1.82, 2.24) is 0 Å². The van der Waals surface area contributed by atoms with Gasteiger partial charge in [-0.25, -0.2) is 0 Å². The van der Waals surface area contributed by atoms with E-state index in [1.165, 1.54) is 0 Å². The molecule has 3 heteroatoms. The van der Waals surface area contributed by atoms with Gasteiger partial charge >= 0.3 is 5.97 Å². The third-order valence-corrected chi connectivity index (χ3v) is 2.52. The minimum Gasteiger partial charge on any atom is -0.481 e. The summed E-state index contributed by atoms with van der Waals surface area (Å²) in [4.78, 5) is 10.7. The first kappa shape index (κ1) is 11.1. The summed E-state index contributed by atoms with van der Waals surface area (Å²) in [6.45, 7) is 3.65. The van der Waals surface area contributed by atoms with Crippen LogP contribution in [0.3, 0.4) is 0 Å². The number of halogens is 1. The Morgan fingerprint density at radius 2 is 2.21 bits per heavy atom. The van der Waals surface area contributed by atoms with Gasteiger partial charge in [0.15, 0.2) is 0 Å². The van der Waals surface area contributed by atoms with Crippen LogP contribution in [0.2, 0.25) is 5.02 Å². The molecule has 76 valence electrons. The van der Waals surface area contributed by atoms with Gasteiger partial charge in [-0.3, -0.25) is 4.79 Å². The van der Waals surface area contributed by atoms with E-state index in [1.54, 1.807) is 13.0 Å². The van der Waals surface area contributed by atoms with Gasteiger partial charge in [0.05, 0.1) is 5.92 Å². The highest BCUT2D eigenvalue weighted by Gasteiger charge is 2.13. The molecule has 0 saturated heterocycles. The molecule has 0 radical (unpaired) electrons. The maximum absolute atomic E-state index is 10.7. The first-order valence-electron chi connectivity index (χ1n) is 4.48. The van der Waals surface area contributed by atoms with Gasteiger partial charge in [0, 0.05) is 5.02 Å². The molecule has 1 rings (SSSR count). The van der Waals surface area contributed by atoms with E-state index in [9.17, 15) is 4.79 Å². The lowest BCUT2D eigenvalue weighted by Gasteiger charge is -2.08. The van der Waals surface area contributed by atoms with Gasteiger partial charge in [-0.1, -0.05) is 36.2 Å². The zero-order valence-corrected chi connectivity index (χ0v) is 9.01. The fourth-order valence-corrected chi connectivity index (χ4v) is 1.47. The lowest BCUT2D eigenvalue weighted by Crippen LogP contribution is -2.12. The summed E-state index contributed by atoms with van der Waals surface area (Å²) >= 11 is 5.95. The molecule has 1 N–H and O–H groups in total. The Morgan fingerprint density at radius 3 is 2.79 bits per heavy atom. The molecular formula is C11H13ClO2. The Kier molecular flexibility index (Phi) is 3.53. The zero-order valence-electron chi connectivity index (χ0n) is 8.25. The van der Waals surface area contributed by atoms with Gasteiger partial charge in [0.2, 0.25) is 0 Å². The van der Waals surface area contributed by atoms with E-state index in [2.05, 4.69) is 0 Å².